The molecule has 0 saturated carbocycles. The molecule has 150 valence electrons. The molecule has 0 bridgehead atoms. The van der Waals surface area contributed by atoms with Crippen molar-refractivity contribution in [1.29, 1.82) is 0 Å². The number of nitrogens with one attached hydrogen (secondary N) is 1. The summed E-state index contributed by atoms with van der Waals surface area (Å²) in [5.74, 6) is 1.64. The number of hydrogen-bond acceptors (Lipinski definition) is 4. The first-order chi connectivity index (χ1) is 14.0. The van der Waals surface area contributed by atoms with E-state index < -0.39 is 0 Å². The average molecular weight is 394 g/mol. The number of anilines is 1. The van der Waals surface area contributed by atoms with Gasteiger partial charge in [0.2, 0.25) is 0 Å². The lowest BCUT2D eigenvalue weighted by Crippen LogP contribution is -2.30. The fourth-order valence-electron chi connectivity index (χ4n) is 3.79. The second-order valence-corrected chi connectivity index (χ2v) is 7.18. The number of aryl methyl sites for hydroxylation is 1. The molecular weight excluding hydrogens is 371 g/mol. The number of halogens is 1. The number of rotatable bonds is 5. The molecule has 1 aliphatic heterocycles. The highest BCUT2D eigenvalue weighted by molar-refractivity contribution is 6.07. The third kappa shape index (κ3) is 4.03. The van der Waals surface area contributed by atoms with Gasteiger partial charge < -0.3 is 14.5 Å². The highest BCUT2D eigenvalue weighted by Crippen LogP contribution is 2.31. The van der Waals surface area contributed by atoms with Gasteiger partial charge in [-0.1, -0.05) is 24.3 Å². The van der Waals surface area contributed by atoms with E-state index in [4.69, 9.17) is 9.15 Å². The lowest BCUT2D eigenvalue weighted by atomic mass is 10.0. The van der Waals surface area contributed by atoms with Crippen LogP contribution in [0.1, 0.15) is 33.0 Å². The number of amides is 1. The summed E-state index contributed by atoms with van der Waals surface area (Å²) in [5.41, 5.74) is 3.15. The number of ether oxygens (including phenoxy) is 1. The molecule has 1 amide bonds. The molecule has 2 aromatic carbocycles. The summed E-state index contributed by atoms with van der Waals surface area (Å²) >= 11 is 0. The number of furan rings is 1. The molecule has 1 aliphatic rings. The quantitative estimate of drug-likeness (QED) is 0.690. The number of benzene rings is 2. The van der Waals surface area contributed by atoms with Crippen molar-refractivity contribution in [1.82, 2.24) is 4.90 Å². The normalized spacial score (nSPS) is 13.8. The van der Waals surface area contributed by atoms with Gasteiger partial charge in [-0.2, -0.15) is 0 Å². The van der Waals surface area contributed by atoms with Crippen LogP contribution < -0.4 is 10.1 Å². The molecule has 1 N–H and O–H groups in total. The number of para-hydroxylation sites is 2. The Morgan fingerprint density at radius 2 is 1.97 bits per heavy atom. The number of methoxy groups -OCH3 is 1. The minimum Gasteiger partial charge on any atom is -0.495 e. The van der Waals surface area contributed by atoms with Crippen molar-refractivity contribution in [2.45, 2.75) is 26.4 Å². The molecule has 5 nitrogen and oxygen atoms in total. The van der Waals surface area contributed by atoms with Crippen molar-refractivity contribution >= 4 is 11.6 Å². The van der Waals surface area contributed by atoms with Gasteiger partial charge >= 0.3 is 0 Å². The van der Waals surface area contributed by atoms with Crippen molar-refractivity contribution in [3.05, 3.63) is 82.6 Å². The molecule has 0 spiro atoms. The maximum atomic E-state index is 13.2. The number of fused-ring (bicyclic) bond motifs is 1. The minimum atomic E-state index is -0.240. The van der Waals surface area contributed by atoms with E-state index in [1.54, 1.807) is 31.4 Å². The van der Waals surface area contributed by atoms with Crippen LogP contribution in [0.2, 0.25) is 0 Å². The zero-order chi connectivity index (χ0) is 20.4. The van der Waals surface area contributed by atoms with Gasteiger partial charge in [-0.15, -0.1) is 0 Å². The molecular formula is C23H23FN2O3. The van der Waals surface area contributed by atoms with Gasteiger partial charge in [0.25, 0.3) is 5.91 Å². The van der Waals surface area contributed by atoms with Crippen molar-refractivity contribution in [3.63, 3.8) is 0 Å². The average Bonchev–Trinajstić information content (AvgIpc) is 3.05. The smallest absolute Gasteiger partial charge is 0.259 e. The molecule has 2 heterocycles. The van der Waals surface area contributed by atoms with Crippen LogP contribution in [0.3, 0.4) is 0 Å². The molecule has 0 aliphatic carbocycles. The minimum absolute atomic E-state index is 0.208. The number of carbonyl (C=O) groups excluding carboxylic acids is 1. The highest BCUT2D eigenvalue weighted by atomic mass is 19.1. The molecule has 29 heavy (non-hydrogen) atoms. The number of carbonyl (C=O) groups is 1. The lowest BCUT2D eigenvalue weighted by molar-refractivity contribution is 0.102. The predicted molar refractivity (Wildman–Crippen MR) is 109 cm³/mol. The van der Waals surface area contributed by atoms with Crippen LogP contribution in [0.5, 0.6) is 5.75 Å². The zero-order valence-corrected chi connectivity index (χ0v) is 16.5. The largest absolute Gasteiger partial charge is 0.495 e. The van der Waals surface area contributed by atoms with Gasteiger partial charge in [-0.05, 0) is 36.8 Å². The van der Waals surface area contributed by atoms with Crippen molar-refractivity contribution in [3.8, 4) is 5.75 Å². The molecule has 6 heteroatoms. The Labute approximate surface area is 169 Å². The second kappa shape index (κ2) is 8.09. The highest BCUT2D eigenvalue weighted by Gasteiger charge is 2.28. The summed E-state index contributed by atoms with van der Waals surface area (Å²) in [7, 11) is 1.57. The van der Waals surface area contributed by atoms with E-state index in [0.29, 0.717) is 35.9 Å². The fourth-order valence-corrected chi connectivity index (χ4v) is 3.79. The summed E-state index contributed by atoms with van der Waals surface area (Å²) in [6, 6.07) is 13.8. The van der Waals surface area contributed by atoms with E-state index in [2.05, 4.69) is 10.2 Å². The van der Waals surface area contributed by atoms with Crippen molar-refractivity contribution < 1.29 is 18.3 Å². The Balaban J connectivity index is 1.55. The molecule has 0 unspecified atom stereocenters. The Hall–Kier alpha value is -3.12. The Bertz CT molecular complexity index is 1030. The third-order valence-corrected chi connectivity index (χ3v) is 5.21. The first-order valence-electron chi connectivity index (χ1n) is 9.57. The van der Waals surface area contributed by atoms with Crippen molar-refractivity contribution in [2.24, 2.45) is 0 Å². The van der Waals surface area contributed by atoms with Gasteiger partial charge in [0.15, 0.2) is 0 Å². The summed E-state index contributed by atoms with van der Waals surface area (Å²) in [6.45, 7) is 3.95. The molecule has 0 atom stereocenters. The maximum absolute atomic E-state index is 13.2. The van der Waals surface area contributed by atoms with Crippen LogP contribution in [-0.4, -0.2) is 24.5 Å². The van der Waals surface area contributed by atoms with E-state index in [9.17, 15) is 9.18 Å². The summed E-state index contributed by atoms with van der Waals surface area (Å²) in [4.78, 5) is 15.3. The Kier molecular flexibility index (Phi) is 5.36. The lowest BCUT2D eigenvalue weighted by Gasteiger charge is -2.26. The first kappa shape index (κ1) is 19.2. The topological polar surface area (TPSA) is 54.7 Å². The molecule has 3 aromatic rings. The first-order valence-corrected chi connectivity index (χ1v) is 9.57. The third-order valence-electron chi connectivity index (χ3n) is 5.21. The SMILES string of the molecule is COc1ccccc1NC(=O)c1c(C)oc2c1CN(Cc1ccc(F)cc1)CC2. The van der Waals surface area contributed by atoms with Gasteiger partial charge in [0.05, 0.1) is 18.4 Å². The van der Waals surface area contributed by atoms with Crippen molar-refractivity contribution in [2.75, 3.05) is 19.0 Å². The molecule has 0 fully saturated rings. The fraction of sp³-hybridized carbons (Fsp3) is 0.261. The Morgan fingerprint density at radius 3 is 2.72 bits per heavy atom. The van der Waals surface area contributed by atoms with E-state index >= 15 is 0 Å². The van der Waals surface area contributed by atoms with E-state index in [1.165, 1.54) is 12.1 Å². The van der Waals surface area contributed by atoms with Gasteiger partial charge in [0.1, 0.15) is 23.1 Å². The van der Waals surface area contributed by atoms with Crippen LogP contribution >= 0.6 is 0 Å². The van der Waals surface area contributed by atoms with Crippen LogP contribution in [0.25, 0.3) is 0 Å². The Morgan fingerprint density at radius 1 is 1.21 bits per heavy atom. The van der Waals surface area contributed by atoms with E-state index in [-0.39, 0.29) is 11.7 Å². The van der Waals surface area contributed by atoms with Gasteiger partial charge in [-0.25, -0.2) is 4.39 Å². The molecule has 1 aromatic heterocycles. The van der Waals surface area contributed by atoms with Gasteiger partial charge in [-0.3, -0.25) is 9.69 Å². The second-order valence-electron chi connectivity index (χ2n) is 7.18. The molecule has 4 rings (SSSR count). The number of nitrogens with zero attached hydrogens (tertiary/aromatic N) is 1. The van der Waals surface area contributed by atoms with Crippen LogP contribution in [0, 0.1) is 12.7 Å². The summed E-state index contributed by atoms with van der Waals surface area (Å²) in [6.07, 6.45) is 0.735. The summed E-state index contributed by atoms with van der Waals surface area (Å²) < 4.78 is 24.4. The predicted octanol–water partition coefficient (Wildman–Crippen LogP) is 4.55. The van der Waals surface area contributed by atoms with Gasteiger partial charge in [0, 0.05) is 31.6 Å². The standard InChI is InChI=1S/C23H23FN2O3/c1-15-22(23(27)25-19-5-3-4-6-21(19)28-2)18-14-26(12-11-20(18)29-15)13-16-7-9-17(24)10-8-16/h3-10H,11-14H2,1-2H3,(H,25,27). The monoisotopic (exact) mass is 394 g/mol. The molecule has 0 saturated heterocycles. The maximum Gasteiger partial charge on any atom is 0.259 e. The molecule has 0 radical (unpaired) electrons. The van der Waals surface area contributed by atoms with Crippen LogP contribution in [0.4, 0.5) is 10.1 Å². The number of hydrogen-bond donors (Lipinski definition) is 1. The van der Waals surface area contributed by atoms with E-state index in [0.717, 1.165) is 29.9 Å². The van der Waals surface area contributed by atoms with E-state index in [1.807, 2.05) is 19.1 Å². The van der Waals surface area contributed by atoms with Crippen LogP contribution in [-0.2, 0) is 19.5 Å². The summed E-state index contributed by atoms with van der Waals surface area (Å²) in [5, 5.41) is 2.94. The zero-order valence-electron chi connectivity index (χ0n) is 16.5. The van der Waals surface area contributed by atoms with Crippen LogP contribution in [0.15, 0.2) is 52.9 Å².